The lowest BCUT2D eigenvalue weighted by molar-refractivity contribution is 0.0158. The summed E-state index contributed by atoms with van der Waals surface area (Å²) in [5.41, 5.74) is 2.27. The molecule has 0 fully saturated rings. The Kier molecular flexibility index (Phi) is 4.94. The van der Waals surface area contributed by atoms with Crippen molar-refractivity contribution in [2.75, 3.05) is 13.7 Å². The predicted molar refractivity (Wildman–Crippen MR) is 76.0 cm³/mol. The van der Waals surface area contributed by atoms with E-state index in [1.165, 1.54) is 11.1 Å². The van der Waals surface area contributed by atoms with Gasteiger partial charge in [0.1, 0.15) is 0 Å². The normalized spacial score (nSPS) is 12.8. The van der Waals surface area contributed by atoms with Gasteiger partial charge in [0.2, 0.25) is 0 Å². The summed E-state index contributed by atoms with van der Waals surface area (Å²) in [6.45, 7) is 8.49. The summed E-state index contributed by atoms with van der Waals surface area (Å²) in [5.74, 6) is 0. The van der Waals surface area contributed by atoms with Gasteiger partial charge in [-0.25, -0.2) is 0 Å². The SMILES string of the molecule is COC(C)(C)CCc1ccc(C(C)(C)CO)cc1. The van der Waals surface area contributed by atoms with E-state index in [9.17, 15) is 5.11 Å². The van der Waals surface area contributed by atoms with E-state index in [2.05, 4.69) is 52.0 Å². The Morgan fingerprint density at radius 2 is 1.61 bits per heavy atom. The Bertz CT molecular complexity index is 363. The Morgan fingerprint density at radius 1 is 1.06 bits per heavy atom. The molecule has 1 N–H and O–H groups in total. The lowest BCUT2D eigenvalue weighted by atomic mass is 9.85. The van der Waals surface area contributed by atoms with E-state index in [-0.39, 0.29) is 17.6 Å². The lowest BCUT2D eigenvalue weighted by Crippen LogP contribution is -2.23. The van der Waals surface area contributed by atoms with Crippen LogP contribution in [0.5, 0.6) is 0 Å². The smallest absolute Gasteiger partial charge is 0.0625 e. The van der Waals surface area contributed by atoms with E-state index >= 15 is 0 Å². The lowest BCUT2D eigenvalue weighted by Gasteiger charge is -2.24. The van der Waals surface area contributed by atoms with Crippen LogP contribution in [0.3, 0.4) is 0 Å². The third kappa shape index (κ3) is 4.11. The molecule has 1 aromatic carbocycles. The molecule has 1 rings (SSSR count). The van der Waals surface area contributed by atoms with Gasteiger partial charge in [0, 0.05) is 12.5 Å². The molecule has 0 saturated heterocycles. The minimum absolute atomic E-state index is 0.0664. The highest BCUT2D eigenvalue weighted by molar-refractivity contribution is 5.28. The molecule has 2 heteroatoms. The van der Waals surface area contributed by atoms with Crippen LogP contribution >= 0.6 is 0 Å². The molecule has 1 aromatic rings. The van der Waals surface area contributed by atoms with Gasteiger partial charge in [0.05, 0.1) is 12.2 Å². The maximum absolute atomic E-state index is 9.34. The van der Waals surface area contributed by atoms with E-state index in [0.29, 0.717) is 0 Å². The molecule has 0 aliphatic rings. The second kappa shape index (κ2) is 5.85. The molecular weight excluding hydrogens is 224 g/mol. The first kappa shape index (κ1) is 15.2. The average Bonchev–Trinajstić information content (AvgIpc) is 2.37. The first-order valence-electron chi connectivity index (χ1n) is 6.56. The number of hydrogen-bond donors (Lipinski definition) is 1. The van der Waals surface area contributed by atoms with Gasteiger partial charge in [-0.2, -0.15) is 0 Å². The second-order valence-corrected chi connectivity index (χ2v) is 6.20. The highest BCUT2D eigenvalue weighted by atomic mass is 16.5. The van der Waals surface area contributed by atoms with Crippen LogP contribution in [0.15, 0.2) is 24.3 Å². The van der Waals surface area contributed by atoms with Crippen molar-refractivity contribution in [1.29, 1.82) is 0 Å². The van der Waals surface area contributed by atoms with Crippen LogP contribution in [0.25, 0.3) is 0 Å². The van der Waals surface area contributed by atoms with Crippen LogP contribution in [-0.4, -0.2) is 24.4 Å². The minimum Gasteiger partial charge on any atom is -0.395 e. The van der Waals surface area contributed by atoms with Crippen molar-refractivity contribution >= 4 is 0 Å². The van der Waals surface area contributed by atoms with Crippen molar-refractivity contribution in [2.45, 2.75) is 51.6 Å². The molecule has 0 amide bonds. The standard InChI is InChI=1S/C16H26O2/c1-15(2,12-17)14-8-6-13(7-9-14)10-11-16(3,4)18-5/h6-9,17H,10-12H2,1-5H3. The quantitative estimate of drug-likeness (QED) is 0.839. The monoisotopic (exact) mass is 250 g/mol. The summed E-state index contributed by atoms with van der Waals surface area (Å²) >= 11 is 0. The molecule has 0 heterocycles. The number of rotatable bonds is 6. The number of benzene rings is 1. The van der Waals surface area contributed by atoms with Crippen LogP contribution < -0.4 is 0 Å². The summed E-state index contributed by atoms with van der Waals surface area (Å²) in [6, 6.07) is 8.54. The van der Waals surface area contributed by atoms with Gasteiger partial charge in [0.15, 0.2) is 0 Å². The summed E-state index contributed by atoms with van der Waals surface area (Å²) in [5, 5.41) is 9.34. The number of aliphatic hydroxyl groups excluding tert-OH is 1. The van der Waals surface area contributed by atoms with E-state index in [1.807, 2.05) is 0 Å². The molecule has 0 aliphatic heterocycles. The first-order chi connectivity index (χ1) is 8.30. The van der Waals surface area contributed by atoms with Crippen molar-refractivity contribution < 1.29 is 9.84 Å². The van der Waals surface area contributed by atoms with Crippen LogP contribution in [0, 0.1) is 0 Å². The fraction of sp³-hybridized carbons (Fsp3) is 0.625. The molecule has 102 valence electrons. The molecule has 18 heavy (non-hydrogen) atoms. The third-order valence-electron chi connectivity index (χ3n) is 3.70. The summed E-state index contributed by atoms with van der Waals surface area (Å²) in [7, 11) is 1.76. The summed E-state index contributed by atoms with van der Waals surface area (Å²) in [6.07, 6.45) is 2.02. The zero-order valence-corrected chi connectivity index (χ0v) is 12.3. The number of methoxy groups -OCH3 is 1. The zero-order valence-electron chi connectivity index (χ0n) is 12.3. The maximum Gasteiger partial charge on any atom is 0.0625 e. The zero-order chi connectivity index (χ0) is 13.8. The molecule has 0 bridgehead atoms. The number of ether oxygens (including phenoxy) is 1. The van der Waals surface area contributed by atoms with Crippen LogP contribution in [0.2, 0.25) is 0 Å². The van der Waals surface area contributed by atoms with Crippen LogP contribution in [-0.2, 0) is 16.6 Å². The molecule has 0 spiro atoms. The molecule has 0 unspecified atom stereocenters. The van der Waals surface area contributed by atoms with Gasteiger partial charge >= 0.3 is 0 Å². The second-order valence-electron chi connectivity index (χ2n) is 6.20. The van der Waals surface area contributed by atoms with Gasteiger partial charge in [-0.1, -0.05) is 38.1 Å². The van der Waals surface area contributed by atoms with Gasteiger partial charge < -0.3 is 9.84 Å². The largest absolute Gasteiger partial charge is 0.395 e. The Morgan fingerprint density at radius 3 is 2.06 bits per heavy atom. The highest BCUT2D eigenvalue weighted by Crippen LogP contribution is 2.23. The number of aliphatic hydroxyl groups is 1. The predicted octanol–water partition coefficient (Wildman–Crippen LogP) is 3.31. The molecule has 0 saturated carbocycles. The van der Waals surface area contributed by atoms with Crippen molar-refractivity contribution in [2.24, 2.45) is 0 Å². The number of hydrogen-bond acceptors (Lipinski definition) is 2. The summed E-state index contributed by atoms with van der Waals surface area (Å²) < 4.78 is 5.42. The van der Waals surface area contributed by atoms with E-state index in [0.717, 1.165) is 12.8 Å². The molecule has 2 nitrogen and oxygen atoms in total. The molecule has 0 atom stereocenters. The highest BCUT2D eigenvalue weighted by Gasteiger charge is 2.19. The van der Waals surface area contributed by atoms with Gasteiger partial charge in [-0.3, -0.25) is 0 Å². The minimum atomic E-state index is -0.162. The van der Waals surface area contributed by atoms with E-state index < -0.39 is 0 Å². The van der Waals surface area contributed by atoms with E-state index in [4.69, 9.17) is 4.74 Å². The van der Waals surface area contributed by atoms with Crippen molar-refractivity contribution in [3.63, 3.8) is 0 Å². The molecule has 0 aliphatic carbocycles. The van der Waals surface area contributed by atoms with Gasteiger partial charge in [0.25, 0.3) is 0 Å². The van der Waals surface area contributed by atoms with Crippen LogP contribution in [0.4, 0.5) is 0 Å². The van der Waals surface area contributed by atoms with Crippen molar-refractivity contribution in [3.8, 4) is 0 Å². The van der Waals surface area contributed by atoms with Gasteiger partial charge in [-0.15, -0.1) is 0 Å². The fourth-order valence-electron chi connectivity index (χ4n) is 1.76. The molecule has 0 aromatic heterocycles. The fourth-order valence-corrected chi connectivity index (χ4v) is 1.76. The topological polar surface area (TPSA) is 29.5 Å². The number of aryl methyl sites for hydroxylation is 1. The Labute approximate surface area is 111 Å². The average molecular weight is 250 g/mol. The van der Waals surface area contributed by atoms with E-state index in [1.54, 1.807) is 7.11 Å². The Balaban J connectivity index is 2.67. The van der Waals surface area contributed by atoms with Crippen molar-refractivity contribution in [1.82, 2.24) is 0 Å². The maximum atomic E-state index is 9.34. The Hall–Kier alpha value is -0.860. The summed E-state index contributed by atoms with van der Waals surface area (Å²) in [4.78, 5) is 0. The van der Waals surface area contributed by atoms with Crippen molar-refractivity contribution in [3.05, 3.63) is 35.4 Å². The molecule has 0 radical (unpaired) electrons. The molecular formula is C16H26O2. The van der Waals surface area contributed by atoms with Gasteiger partial charge in [-0.05, 0) is 37.8 Å². The first-order valence-corrected chi connectivity index (χ1v) is 6.56. The third-order valence-corrected chi connectivity index (χ3v) is 3.70. The van der Waals surface area contributed by atoms with Crippen LogP contribution in [0.1, 0.15) is 45.2 Å².